The van der Waals surface area contributed by atoms with Gasteiger partial charge in [-0.15, -0.1) is 4.40 Å². The number of benzene rings is 1. The molecule has 0 unspecified atom stereocenters. The fraction of sp³-hybridized carbons (Fsp3) is 0.286. The highest BCUT2D eigenvalue weighted by atomic mass is 32.2. The zero-order valence-electron chi connectivity index (χ0n) is 12.0. The maximum Gasteiger partial charge on any atom is 0.285 e. The van der Waals surface area contributed by atoms with Crippen LogP contribution in [0.15, 0.2) is 45.3 Å². The summed E-state index contributed by atoms with van der Waals surface area (Å²) in [4.78, 5) is 11.7. The molecule has 7 nitrogen and oxygen atoms in total. The van der Waals surface area contributed by atoms with Gasteiger partial charge in [-0.3, -0.25) is 4.79 Å². The van der Waals surface area contributed by atoms with Gasteiger partial charge in [-0.2, -0.15) is 8.42 Å². The summed E-state index contributed by atoms with van der Waals surface area (Å²) in [5, 5.41) is 3.00. The number of carbonyl (C=O) groups is 1. The van der Waals surface area contributed by atoms with Crippen LogP contribution in [0.3, 0.4) is 0 Å². The minimum Gasteiger partial charge on any atom is -0.369 e. The molecule has 8 heteroatoms. The van der Waals surface area contributed by atoms with Crippen LogP contribution in [0, 0.1) is 0 Å². The lowest BCUT2D eigenvalue weighted by Gasteiger charge is -2.12. The Morgan fingerprint density at radius 2 is 1.77 bits per heavy atom. The summed E-state index contributed by atoms with van der Waals surface area (Å²) in [6.07, 6.45) is 4.98. The lowest BCUT2D eigenvalue weighted by atomic mass is 9.94. The van der Waals surface area contributed by atoms with Crippen LogP contribution in [-0.4, -0.2) is 20.2 Å². The van der Waals surface area contributed by atoms with Crippen LogP contribution >= 0.6 is 0 Å². The van der Waals surface area contributed by atoms with E-state index in [9.17, 15) is 13.2 Å². The number of hydrogen-bond donors (Lipinski definition) is 3. The molecule has 0 atom stereocenters. The number of nitrogens with one attached hydrogen (secondary N) is 1. The van der Waals surface area contributed by atoms with Crippen molar-refractivity contribution in [3.8, 4) is 0 Å². The first-order valence-corrected chi connectivity index (χ1v) is 8.27. The fourth-order valence-corrected chi connectivity index (χ4v) is 3.00. The average molecular weight is 322 g/mol. The van der Waals surface area contributed by atoms with Gasteiger partial charge in [0.1, 0.15) is 0 Å². The highest BCUT2D eigenvalue weighted by Gasteiger charge is 2.15. The van der Waals surface area contributed by atoms with E-state index in [1.165, 1.54) is 12.1 Å². The summed E-state index contributed by atoms with van der Waals surface area (Å²) < 4.78 is 26.8. The Bertz CT molecular complexity index is 717. The Morgan fingerprint density at radius 1 is 1.14 bits per heavy atom. The molecule has 0 heterocycles. The Morgan fingerprint density at radius 3 is 2.36 bits per heavy atom. The van der Waals surface area contributed by atoms with Crippen molar-refractivity contribution in [2.24, 2.45) is 15.9 Å². The van der Waals surface area contributed by atoms with Gasteiger partial charge in [0.2, 0.25) is 5.96 Å². The fourth-order valence-electron chi connectivity index (χ4n) is 2.14. The van der Waals surface area contributed by atoms with Gasteiger partial charge in [0.05, 0.1) is 4.90 Å². The number of rotatable bonds is 4. The summed E-state index contributed by atoms with van der Waals surface area (Å²) in [6.45, 7) is 0. The van der Waals surface area contributed by atoms with Crippen molar-refractivity contribution in [2.45, 2.75) is 30.6 Å². The Hall–Kier alpha value is -2.35. The second-order valence-corrected chi connectivity index (χ2v) is 6.56. The number of Topliss-reactive ketones (excluding diaryl/α,β-unsaturated/α-hetero) is 1. The van der Waals surface area contributed by atoms with Crippen LogP contribution < -0.4 is 16.8 Å². The zero-order chi connectivity index (χ0) is 16.2. The van der Waals surface area contributed by atoms with Gasteiger partial charge in [0.15, 0.2) is 5.78 Å². The molecule has 0 spiro atoms. The number of hydrogen-bond acceptors (Lipinski definition) is 4. The topological polar surface area (TPSA) is 128 Å². The number of ketones is 1. The van der Waals surface area contributed by atoms with E-state index < -0.39 is 16.0 Å². The molecule has 2 rings (SSSR count). The van der Waals surface area contributed by atoms with Gasteiger partial charge in [-0.05, 0) is 43.5 Å². The van der Waals surface area contributed by atoms with E-state index >= 15 is 0 Å². The van der Waals surface area contributed by atoms with E-state index in [4.69, 9.17) is 11.5 Å². The molecule has 1 saturated carbocycles. The molecule has 1 aliphatic carbocycles. The van der Waals surface area contributed by atoms with Gasteiger partial charge in [0.25, 0.3) is 10.0 Å². The molecule has 22 heavy (non-hydrogen) atoms. The summed E-state index contributed by atoms with van der Waals surface area (Å²) in [6, 6.07) is 5.95. The molecule has 0 bridgehead atoms. The van der Waals surface area contributed by atoms with Crippen LogP contribution in [0.5, 0.6) is 0 Å². The first-order chi connectivity index (χ1) is 10.4. The first kappa shape index (κ1) is 16.0. The maximum atomic E-state index is 11.8. The molecule has 1 fully saturated rings. The highest BCUT2D eigenvalue weighted by Crippen LogP contribution is 2.21. The first-order valence-electron chi connectivity index (χ1n) is 6.83. The molecule has 0 aliphatic heterocycles. The number of guanidine groups is 1. The minimum absolute atomic E-state index is 0.00662. The molecule has 1 aliphatic rings. The number of nitrogens with two attached hydrogens (primary N) is 2. The summed E-state index contributed by atoms with van der Waals surface area (Å²) in [5.41, 5.74) is 11.6. The average Bonchev–Trinajstić information content (AvgIpc) is 2.45. The molecule has 5 N–H and O–H groups in total. The highest BCUT2D eigenvalue weighted by molar-refractivity contribution is 7.90. The molecule has 0 radical (unpaired) electrons. The summed E-state index contributed by atoms with van der Waals surface area (Å²) >= 11 is 0. The largest absolute Gasteiger partial charge is 0.369 e. The van der Waals surface area contributed by atoms with Gasteiger partial charge >= 0.3 is 0 Å². The van der Waals surface area contributed by atoms with E-state index in [0.29, 0.717) is 12.1 Å². The smallest absolute Gasteiger partial charge is 0.285 e. The lowest BCUT2D eigenvalue weighted by Crippen LogP contribution is -2.24. The van der Waals surface area contributed by atoms with Crippen molar-refractivity contribution in [2.75, 3.05) is 5.32 Å². The van der Waals surface area contributed by atoms with Crippen molar-refractivity contribution in [3.05, 3.63) is 36.0 Å². The molecule has 118 valence electrons. The van der Waals surface area contributed by atoms with Crippen molar-refractivity contribution in [3.63, 3.8) is 0 Å². The van der Waals surface area contributed by atoms with Crippen LogP contribution in [0.25, 0.3) is 0 Å². The normalized spacial score (nSPS) is 17.3. The minimum atomic E-state index is -3.88. The number of nitrogens with zero attached hydrogens (tertiary/aromatic N) is 1. The van der Waals surface area contributed by atoms with Gasteiger partial charge in [-0.25, -0.2) is 0 Å². The van der Waals surface area contributed by atoms with Gasteiger partial charge < -0.3 is 16.8 Å². The third-order valence-electron chi connectivity index (χ3n) is 3.25. The van der Waals surface area contributed by atoms with Crippen molar-refractivity contribution < 1.29 is 13.2 Å². The van der Waals surface area contributed by atoms with Gasteiger partial charge in [0, 0.05) is 23.9 Å². The molecule has 0 aromatic heterocycles. The van der Waals surface area contributed by atoms with Crippen LogP contribution in [0.2, 0.25) is 0 Å². The maximum absolute atomic E-state index is 11.8. The summed E-state index contributed by atoms with van der Waals surface area (Å²) in [5.74, 6) is -0.353. The van der Waals surface area contributed by atoms with E-state index in [1.54, 1.807) is 18.3 Å². The van der Waals surface area contributed by atoms with E-state index in [-0.39, 0.29) is 10.7 Å². The molecule has 1 aromatic rings. The number of allylic oxidation sites excluding steroid dienone is 1. The van der Waals surface area contributed by atoms with Crippen LogP contribution in [0.1, 0.15) is 25.7 Å². The third-order valence-corrected chi connectivity index (χ3v) is 4.57. The Balaban J connectivity index is 2.11. The monoisotopic (exact) mass is 322 g/mol. The Labute approximate surface area is 129 Å². The van der Waals surface area contributed by atoms with Gasteiger partial charge in [-0.1, -0.05) is 0 Å². The second-order valence-electron chi connectivity index (χ2n) is 4.96. The third kappa shape index (κ3) is 4.08. The molecule has 0 amide bonds. The predicted octanol–water partition coefficient (Wildman–Crippen LogP) is 1.09. The van der Waals surface area contributed by atoms with E-state index in [1.807, 2.05) is 0 Å². The zero-order valence-corrected chi connectivity index (χ0v) is 12.8. The number of sulfonamides is 1. The lowest BCUT2D eigenvalue weighted by molar-refractivity contribution is -0.116. The summed E-state index contributed by atoms with van der Waals surface area (Å²) in [7, 11) is -3.88. The van der Waals surface area contributed by atoms with Crippen molar-refractivity contribution in [1.29, 1.82) is 0 Å². The SMILES string of the molecule is NC(N)=NS(=O)(=O)c1ccc(NC=C2CCCCC2=O)cc1. The predicted molar refractivity (Wildman–Crippen MR) is 84.6 cm³/mol. The molecule has 0 saturated heterocycles. The Kier molecular flexibility index (Phi) is 4.81. The quantitative estimate of drug-likeness (QED) is 0.432. The molecule has 1 aromatic carbocycles. The molecular formula is C14H18N4O3S. The number of anilines is 1. The van der Waals surface area contributed by atoms with Crippen molar-refractivity contribution >= 4 is 27.5 Å². The second kappa shape index (κ2) is 6.61. The van der Waals surface area contributed by atoms with E-state index in [0.717, 1.165) is 24.8 Å². The molecular weight excluding hydrogens is 304 g/mol. The van der Waals surface area contributed by atoms with E-state index in [2.05, 4.69) is 9.71 Å². The number of carbonyl (C=O) groups excluding carboxylic acids is 1. The van der Waals surface area contributed by atoms with Crippen molar-refractivity contribution in [1.82, 2.24) is 0 Å². The van der Waals surface area contributed by atoms with Crippen LogP contribution in [0.4, 0.5) is 5.69 Å². The standard InChI is InChI=1S/C14H18N4O3S/c15-14(16)18-22(20,21)12-7-5-11(6-8-12)17-9-10-3-1-2-4-13(10)19/h5-9,17H,1-4H2,(H4,15,16,18). The van der Waals surface area contributed by atoms with Crippen LogP contribution in [-0.2, 0) is 14.8 Å².